The van der Waals surface area contributed by atoms with Crippen LogP contribution in [0.1, 0.15) is 12.5 Å². The normalized spacial score (nSPS) is 11.5. The molecular formula is C14H21BrFN3S. The maximum absolute atomic E-state index is 13.6. The third-order valence-corrected chi connectivity index (χ3v) is 3.69. The lowest BCUT2D eigenvalue weighted by atomic mass is 10.1. The van der Waals surface area contributed by atoms with Crippen LogP contribution < -0.4 is 10.6 Å². The molecule has 0 spiro atoms. The van der Waals surface area contributed by atoms with Crippen molar-refractivity contribution >= 4 is 33.7 Å². The maximum atomic E-state index is 13.6. The number of aliphatic imine (C=N–C) groups is 1. The molecule has 0 unspecified atom stereocenters. The third kappa shape index (κ3) is 6.61. The van der Waals surface area contributed by atoms with Crippen molar-refractivity contribution in [2.75, 3.05) is 31.6 Å². The molecule has 3 nitrogen and oxygen atoms in total. The Labute approximate surface area is 133 Å². The molecule has 0 saturated heterocycles. The van der Waals surface area contributed by atoms with Crippen molar-refractivity contribution in [3.63, 3.8) is 0 Å². The molecule has 0 saturated carbocycles. The molecule has 6 heteroatoms. The Hall–Kier alpha value is -0.750. The summed E-state index contributed by atoms with van der Waals surface area (Å²) in [6.07, 6.45) is 2.68. The molecule has 0 aromatic heterocycles. The van der Waals surface area contributed by atoms with Crippen LogP contribution in [0.3, 0.4) is 0 Å². The third-order valence-electron chi connectivity index (χ3n) is 2.60. The van der Waals surface area contributed by atoms with Crippen LogP contribution in [0.5, 0.6) is 0 Å². The summed E-state index contributed by atoms with van der Waals surface area (Å²) in [6.45, 7) is 4.27. The Kier molecular flexibility index (Phi) is 8.69. The minimum absolute atomic E-state index is 0.167. The van der Waals surface area contributed by atoms with E-state index in [2.05, 4.69) is 37.8 Å². The number of rotatable bonds is 7. The van der Waals surface area contributed by atoms with Gasteiger partial charge in [0.25, 0.3) is 0 Å². The second-order valence-corrected chi connectivity index (χ2v) is 6.07. The van der Waals surface area contributed by atoms with Gasteiger partial charge in [-0.15, -0.1) is 0 Å². The van der Waals surface area contributed by atoms with Gasteiger partial charge in [-0.25, -0.2) is 4.39 Å². The number of halogens is 2. The summed E-state index contributed by atoms with van der Waals surface area (Å²) in [5.41, 5.74) is 0.701. The van der Waals surface area contributed by atoms with Crippen LogP contribution in [0.2, 0.25) is 0 Å². The van der Waals surface area contributed by atoms with Crippen LogP contribution in [0.15, 0.2) is 27.7 Å². The van der Waals surface area contributed by atoms with Gasteiger partial charge in [0.2, 0.25) is 0 Å². The molecule has 0 fully saturated rings. The molecule has 0 aliphatic heterocycles. The Morgan fingerprint density at radius 2 is 2.20 bits per heavy atom. The first kappa shape index (κ1) is 17.3. The molecule has 0 aliphatic carbocycles. The van der Waals surface area contributed by atoms with E-state index in [-0.39, 0.29) is 5.82 Å². The van der Waals surface area contributed by atoms with E-state index in [4.69, 9.17) is 0 Å². The monoisotopic (exact) mass is 361 g/mol. The number of hydrogen-bond acceptors (Lipinski definition) is 2. The van der Waals surface area contributed by atoms with Crippen molar-refractivity contribution in [1.82, 2.24) is 10.6 Å². The molecular weight excluding hydrogens is 341 g/mol. The van der Waals surface area contributed by atoms with Gasteiger partial charge in [0.1, 0.15) is 5.82 Å². The summed E-state index contributed by atoms with van der Waals surface area (Å²) in [7, 11) is 0. The van der Waals surface area contributed by atoms with Crippen LogP contribution in [-0.4, -0.2) is 37.6 Å². The predicted octanol–water partition coefficient (Wildman–Crippen LogP) is 3.05. The van der Waals surface area contributed by atoms with Gasteiger partial charge in [0, 0.05) is 23.3 Å². The summed E-state index contributed by atoms with van der Waals surface area (Å²) >= 11 is 5.13. The minimum atomic E-state index is -0.167. The first-order chi connectivity index (χ1) is 9.67. The average molecular weight is 362 g/mol. The highest BCUT2D eigenvalue weighted by molar-refractivity contribution is 9.10. The zero-order chi connectivity index (χ0) is 14.8. The fraction of sp³-hybridized carbons (Fsp3) is 0.500. The Morgan fingerprint density at radius 1 is 1.40 bits per heavy atom. The highest BCUT2D eigenvalue weighted by atomic mass is 79.9. The molecule has 0 radical (unpaired) electrons. The van der Waals surface area contributed by atoms with Crippen molar-refractivity contribution in [3.05, 3.63) is 34.1 Å². The summed E-state index contributed by atoms with van der Waals surface area (Å²) < 4.78 is 14.5. The van der Waals surface area contributed by atoms with Gasteiger partial charge in [-0.3, -0.25) is 4.99 Å². The Balaban J connectivity index is 2.47. The van der Waals surface area contributed by atoms with Crippen LogP contribution >= 0.6 is 27.7 Å². The first-order valence-corrected chi connectivity index (χ1v) is 8.81. The Bertz CT molecular complexity index is 440. The second-order valence-electron chi connectivity index (χ2n) is 4.17. The van der Waals surface area contributed by atoms with Crippen LogP contribution in [-0.2, 0) is 6.42 Å². The van der Waals surface area contributed by atoms with Gasteiger partial charge in [0.15, 0.2) is 5.96 Å². The van der Waals surface area contributed by atoms with Gasteiger partial charge in [-0.2, -0.15) is 11.8 Å². The van der Waals surface area contributed by atoms with Crippen molar-refractivity contribution in [2.24, 2.45) is 4.99 Å². The molecule has 0 aliphatic rings. The number of nitrogens with zero attached hydrogens (tertiary/aromatic N) is 1. The van der Waals surface area contributed by atoms with Crippen LogP contribution in [0.25, 0.3) is 0 Å². The molecule has 1 aromatic rings. The fourth-order valence-corrected chi connectivity index (χ4v) is 2.32. The maximum Gasteiger partial charge on any atom is 0.191 e. The van der Waals surface area contributed by atoms with E-state index < -0.39 is 0 Å². The number of nitrogens with one attached hydrogen (secondary N) is 2. The van der Waals surface area contributed by atoms with Crippen LogP contribution in [0, 0.1) is 5.82 Å². The van der Waals surface area contributed by atoms with Gasteiger partial charge in [-0.1, -0.05) is 15.9 Å². The van der Waals surface area contributed by atoms with Gasteiger partial charge < -0.3 is 10.6 Å². The van der Waals surface area contributed by atoms with Crippen molar-refractivity contribution < 1.29 is 4.39 Å². The standard InChI is InChI=1S/C14H21BrFN3S/c1-3-17-14(19-8-9-20-2)18-7-6-11-10-12(15)4-5-13(11)16/h4-5,10H,3,6-9H2,1-2H3,(H2,17,18,19). The highest BCUT2D eigenvalue weighted by Gasteiger charge is 2.03. The SMILES string of the molecule is CCNC(=NCCSC)NCCc1cc(Br)ccc1F. The lowest BCUT2D eigenvalue weighted by Gasteiger charge is -2.11. The van der Waals surface area contributed by atoms with E-state index in [1.54, 1.807) is 17.8 Å². The van der Waals surface area contributed by atoms with E-state index in [1.165, 1.54) is 6.07 Å². The average Bonchev–Trinajstić information content (AvgIpc) is 2.43. The molecule has 1 aromatic carbocycles. The first-order valence-electron chi connectivity index (χ1n) is 6.62. The number of hydrogen-bond donors (Lipinski definition) is 2. The smallest absolute Gasteiger partial charge is 0.191 e. The molecule has 112 valence electrons. The zero-order valence-corrected chi connectivity index (χ0v) is 14.3. The van der Waals surface area contributed by atoms with Gasteiger partial charge >= 0.3 is 0 Å². The summed E-state index contributed by atoms with van der Waals surface area (Å²) in [4.78, 5) is 4.44. The lowest BCUT2D eigenvalue weighted by molar-refractivity contribution is 0.606. The largest absolute Gasteiger partial charge is 0.357 e. The molecule has 2 N–H and O–H groups in total. The zero-order valence-electron chi connectivity index (χ0n) is 11.9. The molecule has 0 atom stereocenters. The van der Waals surface area contributed by atoms with Crippen molar-refractivity contribution in [3.8, 4) is 0 Å². The molecule has 20 heavy (non-hydrogen) atoms. The van der Waals surface area contributed by atoms with Crippen LogP contribution in [0.4, 0.5) is 4.39 Å². The second kappa shape index (κ2) is 10.0. The van der Waals surface area contributed by atoms with Crippen molar-refractivity contribution in [2.45, 2.75) is 13.3 Å². The lowest BCUT2D eigenvalue weighted by Crippen LogP contribution is -2.38. The fourth-order valence-electron chi connectivity index (χ4n) is 1.64. The molecule has 0 amide bonds. The van der Waals surface area contributed by atoms with E-state index in [0.717, 1.165) is 29.3 Å². The minimum Gasteiger partial charge on any atom is -0.357 e. The van der Waals surface area contributed by atoms with E-state index in [9.17, 15) is 4.39 Å². The number of guanidine groups is 1. The molecule has 0 bridgehead atoms. The van der Waals surface area contributed by atoms with E-state index in [1.807, 2.05) is 13.0 Å². The molecule has 0 heterocycles. The van der Waals surface area contributed by atoms with Gasteiger partial charge in [-0.05, 0) is 43.4 Å². The highest BCUT2D eigenvalue weighted by Crippen LogP contribution is 2.15. The quantitative estimate of drug-likeness (QED) is 0.445. The number of benzene rings is 1. The van der Waals surface area contributed by atoms with E-state index in [0.29, 0.717) is 18.5 Å². The topological polar surface area (TPSA) is 36.4 Å². The number of thioether (sulfide) groups is 1. The summed E-state index contributed by atoms with van der Waals surface area (Å²) in [5.74, 6) is 1.62. The summed E-state index contributed by atoms with van der Waals surface area (Å²) in [5, 5.41) is 6.40. The van der Waals surface area contributed by atoms with Crippen molar-refractivity contribution in [1.29, 1.82) is 0 Å². The van der Waals surface area contributed by atoms with Gasteiger partial charge in [0.05, 0.1) is 6.54 Å². The van der Waals surface area contributed by atoms with E-state index >= 15 is 0 Å². The molecule has 1 rings (SSSR count). The predicted molar refractivity (Wildman–Crippen MR) is 90.2 cm³/mol. The summed E-state index contributed by atoms with van der Waals surface area (Å²) in [6, 6.07) is 5.01. The Morgan fingerprint density at radius 3 is 2.90 bits per heavy atom.